The van der Waals surface area contributed by atoms with Gasteiger partial charge >= 0.3 is 0 Å². The van der Waals surface area contributed by atoms with Crippen molar-refractivity contribution in [3.8, 4) is 0 Å². The average molecular weight is 242 g/mol. The molecule has 1 aromatic heterocycles. The Labute approximate surface area is 105 Å². The lowest BCUT2D eigenvalue weighted by molar-refractivity contribution is -0.119. The molecule has 0 spiro atoms. The van der Waals surface area contributed by atoms with Crippen LogP contribution in [0.1, 0.15) is 12.8 Å². The van der Waals surface area contributed by atoms with Crippen molar-refractivity contribution in [2.24, 2.45) is 5.73 Å². The number of nitrogens with two attached hydrogens (primary N) is 1. The number of aromatic nitrogens is 2. The van der Waals surface area contributed by atoms with Crippen LogP contribution < -0.4 is 10.6 Å². The maximum absolute atomic E-state index is 11.5. The first kappa shape index (κ1) is 11.0. The highest BCUT2D eigenvalue weighted by atomic mass is 16.1. The van der Waals surface area contributed by atoms with E-state index in [1.54, 1.807) is 0 Å². The predicted octanol–water partition coefficient (Wildman–Crippen LogP) is 1.08. The van der Waals surface area contributed by atoms with Gasteiger partial charge in [-0.3, -0.25) is 4.79 Å². The molecule has 1 aromatic carbocycles. The summed E-state index contributed by atoms with van der Waals surface area (Å²) in [6.45, 7) is 0.814. The minimum atomic E-state index is -0.282. The van der Waals surface area contributed by atoms with Gasteiger partial charge in [0.15, 0.2) is 0 Å². The van der Waals surface area contributed by atoms with Gasteiger partial charge in [0.2, 0.25) is 5.91 Å². The van der Waals surface area contributed by atoms with Gasteiger partial charge in [-0.25, -0.2) is 9.97 Å². The first-order chi connectivity index (χ1) is 8.77. The second kappa shape index (κ2) is 4.25. The first-order valence-electron chi connectivity index (χ1n) is 6.03. The molecular formula is C13H14N4O. The van der Waals surface area contributed by atoms with Crippen molar-refractivity contribution in [3.63, 3.8) is 0 Å². The van der Waals surface area contributed by atoms with Crippen LogP contribution in [0.4, 0.5) is 5.82 Å². The number of nitrogens with zero attached hydrogens (tertiary/aromatic N) is 3. The lowest BCUT2D eigenvalue weighted by Gasteiger charge is -2.24. The third-order valence-electron chi connectivity index (χ3n) is 3.38. The van der Waals surface area contributed by atoms with Crippen molar-refractivity contribution >= 4 is 22.6 Å². The summed E-state index contributed by atoms with van der Waals surface area (Å²) in [5.74, 6) is 0.525. The standard InChI is InChI=1S/C13H14N4O/c14-12(18)11-6-3-7-17(11)13-9-4-1-2-5-10(9)15-8-16-13/h1-2,4-5,8,11H,3,6-7H2,(H2,14,18). The molecule has 0 bridgehead atoms. The van der Waals surface area contributed by atoms with Crippen LogP contribution in [0.3, 0.4) is 0 Å². The Balaban J connectivity index is 2.11. The monoisotopic (exact) mass is 242 g/mol. The molecule has 18 heavy (non-hydrogen) atoms. The molecule has 5 nitrogen and oxygen atoms in total. The van der Waals surface area contributed by atoms with Crippen molar-refractivity contribution in [2.75, 3.05) is 11.4 Å². The second-order valence-electron chi connectivity index (χ2n) is 4.47. The minimum Gasteiger partial charge on any atom is -0.368 e. The summed E-state index contributed by atoms with van der Waals surface area (Å²) in [7, 11) is 0. The smallest absolute Gasteiger partial charge is 0.240 e. The lowest BCUT2D eigenvalue weighted by atomic mass is 10.2. The molecule has 1 saturated heterocycles. The van der Waals surface area contributed by atoms with E-state index < -0.39 is 0 Å². The maximum atomic E-state index is 11.5. The van der Waals surface area contributed by atoms with E-state index in [4.69, 9.17) is 5.73 Å². The van der Waals surface area contributed by atoms with Crippen LogP contribution in [-0.2, 0) is 4.79 Å². The lowest BCUT2D eigenvalue weighted by Crippen LogP contribution is -2.40. The van der Waals surface area contributed by atoms with Crippen molar-refractivity contribution < 1.29 is 4.79 Å². The van der Waals surface area contributed by atoms with E-state index in [0.717, 1.165) is 36.1 Å². The summed E-state index contributed by atoms with van der Waals surface area (Å²) in [5.41, 5.74) is 6.33. The fourth-order valence-corrected chi connectivity index (χ4v) is 2.54. The molecular weight excluding hydrogens is 228 g/mol. The highest BCUT2D eigenvalue weighted by Gasteiger charge is 2.30. The van der Waals surface area contributed by atoms with Gasteiger partial charge in [0.25, 0.3) is 0 Å². The number of primary amides is 1. The molecule has 5 heteroatoms. The molecule has 0 radical (unpaired) electrons. The Morgan fingerprint density at radius 3 is 3.00 bits per heavy atom. The number of fused-ring (bicyclic) bond motifs is 1. The highest BCUT2D eigenvalue weighted by molar-refractivity contribution is 5.92. The molecule has 2 heterocycles. The van der Waals surface area contributed by atoms with Gasteiger partial charge in [-0.15, -0.1) is 0 Å². The second-order valence-corrected chi connectivity index (χ2v) is 4.47. The predicted molar refractivity (Wildman–Crippen MR) is 69.1 cm³/mol. The van der Waals surface area contributed by atoms with Crippen LogP contribution in [0.15, 0.2) is 30.6 Å². The number of para-hydroxylation sites is 1. The van der Waals surface area contributed by atoms with Crippen molar-refractivity contribution in [1.82, 2.24) is 9.97 Å². The van der Waals surface area contributed by atoms with Gasteiger partial charge in [-0.05, 0) is 25.0 Å². The number of hydrogen-bond donors (Lipinski definition) is 1. The largest absolute Gasteiger partial charge is 0.368 e. The summed E-state index contributed by atoms with van der Waals surface area (Å²) in [6, 6.07) is 7.55. The molecule has 1 atom stereocenters. The van der Waals surface area contributed by atoms with Crippen LogP contribution in [-0.4, -0.2) is 28.5 Å². The zero-order chi connectivity index (χ0) is 12.5. The molecule has 1 aliphatic rings. The van der Waals surface area contributed by atoms with E-state index in [9.17, 15) is 4.79 Å². The number of amides is 1. The van der Waals surface area contributed by atoms with Gasteiger partial charge in [0.05, 0.1) is 5.52 Å². The summed E-state index contributed by atoms with van der Waals surface area (Å²) in [5, 5.41) is 0.966. The Hall–Kier alpha value is -2.17. The van der Waals surface area contributed by atoms with Gasteiger partial charge in [-0.1, -0.05) is 12.1 Å². The summed E-state index contributed by atoms with van der Waals surface area (Å²) >= 11 is 0. The highest BCUT2D eigenvalue weighted by Crippen LogP contribution is 2.29. The summed E-state index contributed by atoms with van der Waals surface area (Å²) in [4.78, 5) is 22.0. The van der Waals surface area contributed by atoms with Gasteiger partial charge in [0.1, 0.15) is 18.2 Å². The molecule has 3 rings (SSSR count). The Morgan fingerprint density at radius 1 is 1.33 bits per heavy atom. The molecule has 1 unspecified atom stereocenters. The van der Waals surface area contributed by atoms with Crippen molar-refractivity contribution in [3.05, 3.63) is 30.6 Å². The Kier molecular flexibility index (Phi) is 2.59. The van der Waals surface area contributed by atoms with Crippen molar-refractivity contribution in [1.29, 1.82) is 0 Å². The number of anilines is 1. The topological polar surface area (TPSA) is 72.1 Å². The van der Waals surface area contributed by atoms with E-state index in [0.29, 0.717) is 0 Å². The van der Waals surface area contributed by atoms with E-state index >= 15 is 0 Å². The van der Waals surface area contributed by atoms with Gasteiger partial charge in [-0.2, -0.15) is 0 Å². The van der Waals surface area contributed by atoms with Crippen molar-refractivity contribution in [2.45, 2.75) is 18.9 Å². The van der Waals surface area contributed by atoms with Crippen LogP contribution in [0, 0.1) is 0 Å². The third kappa shape index (κ3) is 1.68. The fourth-order valence-electron chi connectivity index (χ4n) is 2.54. The molecule has 1 fully saturated rings. The summed E-state index contributed by atoms with van der Waals surface area (Å²) in [6.07, 6.45) is 3.30. The number of benzene rings is 1. The summed E-state index contributed by atoms with van der Waals surface area (Å²) < 4.78 is 0. The molecule has 2 aromatic rings. The number of rotatable bonds is 2. The molecule has 0 aliphatic carbocycles. The van der Waals surface area contributed by atoms with Crippen LogP contribution >= 0.6 is 0 Å². The molecule has 0 saturated carbocycles. The number of carbonyl (C=O) groups is 1. The van der Waals surface area contributed by atoms with Gasteiger partial charge < -0.3 is 10.6 Å². The van der Waals surface area contributed by atoms with E-state index in [1.807, 2.05) is 29.2 Å². The Bertz CT molecular complexity index is 593. The maximum Gasteiger partial charge on any atom is 0.240 e. The number of carbonyl (C=O) groups excluding carboxylic acids is 1. The quantitative estimate of drug-likeness (QED) is 0.855. The normalized spacial score (nSPS) is 19.3. The van der Waals surface area contributed by atoms with E-state index in [2.05, 4.69) is 9.97 Å². The number of hydrogen-bond acceptors (Lipinski definition) is 4. The minimum absolute atomic E-state index is 0.247. The average Bonchev–Trinajstić information content (AvgIpc) is 2.87. The molecule has 2 N–H and O–H groups in total. The zero-order valence-electron chi connectivity index (χ0n) is 9.91. The van der Waals surface area contributed by atoms with Crippen LogP contribution in [0.2, 0.25) is 0 Å². The molecule has 1 aliphatic heterocycles. The SMILES string of the molecule is NC(=O)C1CCCN1c1ncnc2ccccc12. The molecule has 92 valence electrons. The first-order valence-corrected chi connectivity index (χ1v) is 6.03. The van der Waals surface area contributed by atoms with Gasteiger partial charge in [0, 0.05) is 11.9 Å². The third-order valence-corrected chi connectivity index (χ3v) is 3.38. The fraction of sp³-hybridized carbons (Fsp3) is 0.308. The zero-order valence-corrected chi connectivity index (χ0v) is 9.91. The Morgan fingerprint density at radius 2 is 2.17 bits per heavy atom. The van der Waals surface area contributed by atoms with Crippen LogP contribution in [0.25, 0.3) is 10.9 Å². The van der Waals surface area contributed by atoms with E-state index in [-0.39, 0.29) is 11.9 Å². The molecule has 1 amide bonds. The van der Waals surface area contributed by atoms with E-state index in [1.165, 1.54) is 6.33 Å². The van der Waals surface area contributed by atoms with Crippen LogP contribution in [0.5, 0.6) is 0 Å².